The second-order valence-electron chi connectivity index (χ2n) is 6.39. The van der Waals surface area contributed by atoms with E-state index < -0.39 is 12.1 Å². The minimum absolute atomic E-state index is 0.122. The van der Waals surface area contributed by atoms with Gasteiger partial charge in [0.25, 0.3) is 11.8 Å². The summed E-state index contributed by atoms with van der Waals surface area (Å²) in [5, 5.41) is 17.1. The van der Waals surface area contributed by atoms with Gasteiger partial charge in [-0.05, 0) is 31.4 Å². The van der Waals surface area contributed by atoms with Crippen molar-refractivity contribution in [3.63, 3.8) is 0 Å². The Kier molecular flexibility index (Phi) is 5.44. The minimum atomic E-state index is -0.518. The van der Waals surface area contributed by atoms with E-state index in [0.29, 0.717) is 19.5 Å². The smallest absolute Gasteiger partial charge is 0.258 e. The molecule has 0 saturated carbocycles. The van der Waals surface area contributed by atoms with Crippen LogP contribution in [0.25, 0.3) is 0 Å². The Balaban J connectivity index is 1.68. The fraction of sp³-hybridized carbons (Fsp3) is 0.529. The van der Waals surface area contributed by atoms with Crippen LogP contribution in [0.5, 0.6) is 0 Å². The van der Waals surface area contributed by atoms with Crippen molar-refractivity contribution in [1.82, 2.24) is 21.1 Å². The number of nitrogens with zero attached hydrogens (tertiary/aromatic N) is 1. The van der Waals surface area contributed by atoms with E-state index in [1.54, 1.807) is 0 Å². The minimum Gasteiger partial charge on any atom is -0.392 e. The number of aliphatic hydroxyl groups is 1. The maximum atomic E-state index is 12.7. The Hall–Kier alpha value is -1.96. The van der Waals surface area contributed by atoms with Crippen LogP contribution in [0.4, 0.5) is 0 Å². The lowest BCUT2D eigenvalue weighted by molar-refractivity contribution is -0.144. The fourth-order valence-electron chi connectivity index (χ4n) is 3.15. The third-order valence-corrected chi connectivity index (χ3v) is 4.48. The molecule has 2 amide bonds. The molecule has 2 heterocycles. The van der Waals surface area contributed by atoms with E-state index >= 15 is 0 Å². The lowest BCUT2D eigenvalue weighted by Gasteiger charge is -2.27. The first kappa shape index (κ1) is 16.9. The van der Waals surface area contributed by atoms with Crippen LogP contribution in [-0.4, -0.2) is 53.2 Å². The summed E-state index contributed by atoms with van der Waals surface area (Å²) in [6, 6.07) is 8.85. The fourth-order valence-corrected chi connectivity index (χ4v) is 3.15. The molecule has 2 fully saturated rings. The number of nitrogens with one attached hydrogen (secondary N) is 3. The van der Waals surface area contributed by atoms with Crippen molar-refractivity contribution in [2.75, 3.05) is 13.1 Å². The number of carbonyl (C=O) groups excluding carboxylic acids is 2. The first-order chi connectivity index (χ1) is 11.6. The summed E-state index contributed by atoms with van der Waals surface area (Å²) in [5.74, 6) is -0.405. The van der Waals surface area contributed by atoms with E-state index in [0.717, 1.165) is 24.9 Å². The number of carbonyl (C=O) groups is 2. The Morgan fingerprint density at radius 1 is 1.21 bits per heavy atom. The Bertz CT molecular complexity index is 574. The van der Waals surface area contributed by atoms with E-state index in [2.05, 4.69) is 16.1 Å². The predicted molar refractivity (Wildman–Crippen MR) is 88.6 cm³/mol. The average Bonchev–Trinajstić information content (AvgIpc) is 3.26. The number of amides is 2. The number of β-amino-alcohol motifs (C(OH)–C–C–N with tert-alkyl or cyclic N) is 1. The van der Waals surface area contributed by atoms with Crippen molar-refractivity contribution >= 4 is 11.8 Å². The number of benzene rings is 1. The van der Waals surface area contributed by atoms with Gasteiger partial charge >= 0.3 is 0 Å². The van der Waals surface area contributed by atoms with Crippen molar-refractivity contribution in [2.24, 2.45) is 0 Å². The number of rotatable bonds is 4. The molecule has 0 radical (unpaired) electrons. The topological polar surface area (TPSA) is 93.7 Å². The zero-order valence-corrected chi connectivity index (χ0v) is 13.6. The predicted octanol–water partition coefficient (Wildman–Crippen LogP) is -0.479. The molecule has 1 aromatic carbocycles. The molecular weight excluding hydrogens is 308 g/mol. The van der Waals surface area contributed by atoms with Crippen LogP contribution in [0.3, 0.4) is 0 Å². The van der Waals surface area contributed by atoms with Crippen molar-refractivity contribution < 1.29 is 14.7 Å². The lowest BCUT2D eigenvalue weighted by Crippen LogP contribution is -2.55. The summed E-state index contributed by atoms with van der Waals surface area (Å²) >= 11 is 0. The molecule has 1 aromatic rings. The van der Waals surface area contributed by atoms with Gasteiger partial charge in [0.2, 0.25) is 0 Å². The van der Waals surface area contributed by atoms with E-state index in [1.165, 1.54) is 5.01 Å². The zero-order chi connectivity index (χ0) is 16.9. The van der Waals surface area contributed by atoms with Crippen LogP contribution in [0.1, 0.15) is 24.8 Å². The van der Waals surface area contributed by atoms with Gasteiger partial charge in [0.05, 0.1) is 24.7 Å². The summed E-state index contributed by atoms with van der Waals surface area (Å²) < 4.78 is 0. The van der Waals surface area contributed by atoms with Crippen LogP contribution < -0.4 is 16.1 Å². The van der Waals surface area contributed by atoms with Gasteiger partial charge in [-0.3, -0.25) is 15.0 Å². The molecular formula is C17H24N4O3. The van der Waals surface area contributed by atoms with Gasteiger partial charge in [-0.25, -0.2) is 5.01 Å². The SMILES string of the molecule is O=C(NN(Cc1ccccc1)C(=O)[C@@H]1CCCN1)[C@@H]1C[C@@H](O)CN1. The lowest BCUT2D eigenvalue weighted by atomic mass is 10.1. The Labute approximate surface area is 141 Å². The van der Waals surface area contributed by atoms with E-state index in [1.807, 2.05) is 30.3 Å². The molecule has 2 aliphatic heterocycles. The quantitative estimate of drug-likeness (QED) is 0.559. The highest BCUT2D eigenvalue weighted by molar-refractivity contribution is 5.87. The van der Waals surface area contributed by atoms with E-state index in [9.17, 15) is 14.7 Å². The van der Waals surface area contributed by atoms with Crippen molar-refractivity contribution in [1.29, 1.82) is 0 Å². The molecule has 0 spiro atoms. The summed E-state index contributed by atoms with van der Waals surface area (Å²) in [7, 11) is 0. The van der Waals surface area contributed by atoms with Crippen molar-refractivity contribution in [3.05, 3.63) is 35.9 Å². The van der Waals surface area contributed by atoms with Crippen LogP contribution in [0.2, 0.25) is 0 Å². The van der Waals surface area contributed by atoms with Crippen molar-refractivity contribution in [2.45, 2.75) is 44.0 Å². The van der Waals surface area contributed by atoms with Crippen LogP contribution in [-0.2, 0) is 16.1 Å². The molecule has 7 nitrogen and oxygen atoms in total. The largest absolute Gasteiger partial charge is 0.392 e. The molecule has 2 aliphatic rings. The standard InChI is InChI=1S/C17H24N4O3/c22-13-9-15(19-10-13)16(23)20-21(11-12-5-2-1-3-6-12)17(24)14-7-4-8-18-14/h1-3,5-6,13-15,18-19,22H,4,7-11H2,(H,20,23)/t13-,14+,15+/m1/s1. The highest BCUT2D eigenvalue weighted by Gasteiger charge is 2.32. The first-order valence-electron chi connectivity index (χ1n) is 8.44. The number of aliphatic hydroxyl groups excluding tert-OH is 1. The third-order valence-electron chi connectivity index (χ3n) is 4.48. The summed E-state index contributed by atoms with van der Waals surface area (Å²) in [4.78, 5) is 25.2. The van der Waals surface area contributed by atoms with Crippen LogP contribution >= 0.6 is 0 Å². The normalized spacial score (nSPS) is 26.3. The van der Waals surface area contributed by atoms with Gasteiger partial charge in [0.15, 0.2) is 0 Å². The number of hydrogen-bond acceptors (Lipinski definition) is 5. The molecule has 4 N–H and O–H groups in total. The number of hydrogen-bond donors (Lipinski definition) is 4. The van der Waals surface area contributed by atoms with E-state index in [4.69, 9.17) is 0 Å². The molecule has 24 heavy (non-hydrogen) atoms. The van der Waals surface area contributed by atoms with E-state index in [-0.39, 0.29) is 17.9 Å². The van der Waals surface area contributed by atoms with Crippen molar-refractivity contribution in [3.8, 4) is 0 Å². The molecule has 0 aliphatic carbocycles. The molecule has 3 rings (SSSR count). The summed E-state index contributed by atoms with van der Waals surface area (Å²) in [6.45, 7) is 1.54. The van der Waals surface area contributed by atoms with Gasteiger partial charge in [-0.2, -0.15) is 0 Å². The van der Waals surface area contributed by atoms with Gasteiger partial charge in [-0.15, -0.1) is 0 Å². The van der Waals surface area contributed by atoms with Gasteiger partial charge in [-0.1, -0.05) is 30.3 Å². The molecule has 0 bridgehead atoms. The zero-order valence-electron chi connectivity index (χ0n) is 13.6. The molecule has 7 heteroatoms. The number of hydrazine groups is 1. The highest BCUT2D eigenvalue weighted by Crippen LogP contribution is 2.12. The molecule has 3 atom stereocenters. The van der Waals surface area contributed by atoms with Gasteiger partial charge in [0.1, 0.15) is 0 Å². The molecule has 0 unspecified atom stereocenters. The van der Waals surface area contributed by atoms with Crippen LogP contribution in [0.15, 0.2) is 30.3 Å². The Morgan fingerprint density at radius 2 is 2.00 bits per heavy atom. The second kappa shape index (κ2) is 7.74. The molecule has 2 saturated heterocycles. The van der Waals surface area contributed by atoms with Gasteiger partial charge in [0, 0.05) is 6.54 Å². The molecule has 0 aromatic heterocycles. The van der Waals surface area contributed by atoms with Crippen LogP contribution in [0, 0.1) is 0 Å². The van der Waals surface area contributed by atoms with Gasteiger partial charge < -0.3 is 15.7 Å². The Morgan fingerprint density at radius 3 is 2.62 bits per heavy atom. The molecule has 130 valence electrons. The highest BCUT2D eigenvalue weighted by atomic mass is 16.3. The maximum Gasteiger partial charge on any atom is 0.258 e. The third kappa shape index (κ3) is 4.11. The maximum absolute atomic E-state index is 12.7. The monoisotopic (exact) mass is 332 g/mol. The average molecular weight is 332 g/mol. The second-order valence-corrected chi connectivity index (χ2v) is 6.39. The first-order valence-corrected chi connectivity index (χ1v) is 8.44. The summed E-state index contributed by atoms with van der Waals surface area (Å²) in [5.41, 5.74) is 3.68. The summed E-state index contributed by atoms with van der Waals surface area (Å²) in [6.07, 6.45) is 1.58.